The number of methoxy groups -OCH3 is 1. The van der Waals surface area contributed by atoms with Crippen molar-refractivity contribution in [1.82, 2.24) is 9.97 Å². The van der Waals surface area contributed by atoms with Crippen molar-refractivity contribution < 1.29 is 14.7 Å². The van der Waals surface area contributed by atoms with Crippen LogP contribution in [0.15, 0.2) is 59.4 Å². The number of hydrogen-bond acceptors (Lipinski definition) is 4. The topological polar surface area (TPSA) is 79.6 Å². The summed E-state index contributed by atoms with van der Waals surface area (Å²) < 4.78 is 5.27. The molecule has 0 saturated heterocycles. The second kappa shape index (κ2) is 9.24. The van der Waals surface area contributed by atoms with Crippen molar-refractivity contribution in [3.63, 3.8) is 0 Å². The van der Waals surface area contributed by atoms with Gasteiger partial charge in [-0.1, -0.05) is 42.5 Å². The molecule has 3 N–H and O–H groups in total. The second-order valence-electron chi connectivity index (χ2n) is 7.94. The van der Waals surface area contributed by atoms with E-state index in [1.54, 1.807) is 7.11 Å². The molecule has 1 aliphatic rings. The molecule has 1 aromatic heterocycles. The Balaban J connectivity index is 1.42. The lowest BCUT2D eigenvalue weighted by molar-refractivity contribution is -0.919. The van der Waals surface area contributed by atoms with Gasteiger partial charge in [0, 0.05) is 19.3 Å². The zero-order valence-corrected chi connectivity index (χ0v) is 17.2. The molecule has 0 radical (unpaired) electrons. The highest BCUT2D eigenvalue weighted by Crippen LogP contribution is 2.15. The van der Waals surface area contributed by atoms with Crippen LogP contribution in [0.4, 0.5) is 0 Å². The van der Waals surface area contributed by atoms with Crippen LogP contribution in [0.5, 0.6) is 5.75 Å². The molecule has 30 heavy (non-hydrogen) atoms. The number of nitrogens with one attached hydrogen (secondary N) is 2. The summed E-state index contributed by atoms with van der Waals surface area (Å²) in [5.74, 6) is 1.47. The molecule has 1 aliphatic heterocycles. The molecular formula is C24H28N3O3+. The van der Waals surface area contributed by atoms with E-state index in [0.717, 1.165) is 41.1 Å². The Kier molecular flexibility index (Phi) is 6.26. The molecule has 2 atom stereocenters. The normalized spacial score (nSPS) is 16.7. The van der Waals surface area contributed by atoms with Crippen LogP contribution in [-0.4, -0.2) is 41.4 Å². The fraction of sp³-hybridized carbons (Fsp3) is 0.333. The first-order valence-corrected chi connectivity index (χ1v) is 10.4. The first-order valence-electron chi connectivity index (χ1n) is 10.4. The van der Waals surface area contributed by atoms with Gasteiger partial charge in [-0.25, -0.2) is 4.98 Å². The van der Waals surface area contributed by atoms with Gasteiger partial charge in [0.1, 0.15) is 30.8 Å². The predicted octanol–water partition coefficient (Wildman–Crippen LogP) is 0.914. The summed E-state index contributed by atoms with van der Waals surface area (Å²) in [6, 6.07) is 17.8. The average molecular weight is 407 g/mol. The van der Waals surface area contributed by atoms with Crippen molar-refractivity contribution in [3.05, 3.63) is 93.2 Å². The van der Waals surface area contributed by atoms with Crippen molar-refractivity contribution >= 4 is 0 Å². The monoisotopic (exact) mass is 406 g/mol. The van der Waals surface area contributed by atoms with Crippen LogP contribution >= 0.6 is 0 Å². The summed E-state index contributed by atoms with van der Waals surface area (Å²) in [5.41, 5.74) is 3.75. The Morgan fingerprint density at radius 2 is 1.97 bits per heavy atom. The summed E-state index contributed by atoms with van der Waals surface area (Å²) in [6.07, 6.45) is 1.51. The number of rotatable bonds is 7. The summed E-state index contributed by atoms with van der Waals surface area (Å²) in [5, 5.41) is 10.5. The smallest absolute Gasteiger partial charge is 0.260 e. The molecule has 6 nitrogen and oxygen atoms in total. The van der Waals surface area contributed by atoms with Gasteiger partial charge in [-0.3, -0.25) is 4.79 Å². The average Bonchev–Trinajstić information content (AvgIpc) is 2.75. The van der Waals surface area contributed by atoms with Gasteiger partial charge in [0.05, 0.1) is 24.9 Å². The van der Waals surface area contributed by atoms with E-state index in [0.29, 0.717) is 31.8 Å². The summed E-state index contributed by atoms with van der Waals surface area (Å²) >= 11 is 0. The van der Waals surface area contributed by atoms with E-state index in [1.807, 2.05) is 54.6 Å². The highest BCUT2D eigenvalue weighted by atomic mass is 16.5. The summed E-state index contributed by atoms with van der Waals surface area (Å²) in [6.45, 7) is 2.09. The molecule has 2 heterocycles. The van der Waals surface area contributed by atoms with Gasteiger partial charge in [-0.2, -0.15) is 0 Å². The molecule has 2 aromatic carbocycles. The molecule has 3 aromatic rings. The van der Waals surface area contributed by atoms with Crippen molar-refractivity contribution in [2.24, 2.45) is 0 Å². The third kappa shape index (κ3) is 4.96. The number of benzene rings is 2. The molecule has 1 unspecified atom stereocenters. The maximum absolute atomic E-state index is 12.7. The third-order valence-corrected chi connectivity index (χ3v) is 5.64. The Hall–Kier alpha value is -2.96. The van der Waals surface area contributed by atoms with Crippen LogP contribution in [-0.2, 0) is 25.8 Å². The highest BCUT2D eigenvalue weighted by Gasteiger charge is 2.26. The third-order valence-electron chi connectivity index (χ3n) is 5.64. The Labute approximate surface area is 176 Å². The number of hydrogen-bond donors (Lipinski definition) is 3. The van der Waals surface area contributed by atoms with E-state index < -0.39 is 6.10 Å². The molecule has 0 fully saturated rings. The summed E-state index contributed by atoms with van der Waals surface area (Å²) in [4.78, 5) is 21.6. The zero-order valence-electron chi connectivity index (χ0n) is 17.2. The van der Waals surface area contributed by atoms with Crippen molar-refractivity contribution in [3.8, 4) is 5.75 Å². The van der Waals surface area contributed by atoms with Crippen LogP contribution in [0.1, 0.15) is 28.2 Å². The first kappa shape index (κ1) is 20.3. The molecule has 0 amide bonds. The van der Waals surface area contributed by atoms with Gasteiger partial charge in [0.25, 0.3) is 5.56 Å². The molecule has 156 valence electrons. The zero-order chi connectivity index (χ0) is 20.9. The minimum atomic E-state index is -0.427. The number of aromatic nitrogens is 2. The maximum Gasteiger partial charge on any atom is 0.260 e. The van der Waals surface area contributed by atoms with E-state index in [9.17, 15) is 9.90 Å². The van der Waals surface area contributed by atoms with Crippen molar-refractivity contribution in [2.75, 3.05) is 20.2 Å². The Morgan fingerprint density at radius 3 is 2.77 bits per heavy atom. The van der Waals surface area contributed by atoms with Crippen LogP contribution < -0.4 is 15.2 Å². The first-order chi connectivity index (χ1) is 14.6. The lowest BCUT2D eigenvalue weighted by Gasteiger charge is -2.26. The van der Waals surface area contributed by atoms with Gasteiger partial charge in [-0.05, 0) is 23.3 Å². The van der Waals surface area contributed by atoms with E-state index in [2.05, 4.69) is 4.98 Å². The number of quaternary nitrogens is 1. The van der Waals surface area contributed by atoms with Gasteiger partial charge in [0.2, 0.25) is 0 Å². The number of aliphatic hydroxyl groups excluding tert-OH is 1. The predicted molar refractivity (Wildman–Crippen MR) is 115 cm³/mol. The number of nitrogens with zero attached hydrogens (tertiary/aromatic N) is 1. The van der Waals surface area contributed by atoms with E-state index >= 15 is 0 Å². The molecule has 0 aliphatic carbocycles. The largest absolute Gasteiger partial charge is 0.497 e. The number of aliphatic hydroxyl groups is 1. The number of ether oxygens (including phenoxy) is 1. The molecule has 6 heteroatoms. The minimum absolute atomic E-state index is 0.0624. The number of H-pyrrole nitrogens is 1. The standard InChI is InChI=1S/C24H27N3O3/c1-30-20-9-5-8-18(13-20)14-23-25-22-10-11-27(16-21(22)24(29)26-23)15-19(28)12-17-6-3-2-4-7-17/h2-9,13,19,28H,10-12,14-16H2,1H3,(H,25,26,29)/p+1/t19-/m0/s1. The van der Waals surface area contributed by atoms with Crippen LogP contribution in [0.2, 0.25) is 0 Å². The van der Waals surface area contributed by atoms with Crippen molar-refractivity contribution in [2.45, 2.75) is 31.9 Å². The van der Waals surface area contributed by atoms with Crippen LogP contribution in [0.3, 0.4) is 0 Å². The quantitative estimate of drug-likeness (QED) is 0.545. The second-order valence-corrected chi connectivity index (χ2v) is 7.94. The van der Waals surface area contributed by atoms with Crippen LogP contribution in [0.25, 0.3) is 0 Å². The van der Waals surface area contributed by atoms with Gasteiger partial charge < -0.3 is 19.7 Å². The molecule has 4 rings (SSSR count). The fourth-order valence-electron chi connectivity index (χ4n) is 4.14. The molecular weight excluding hydrogens is 378 g/mol. The van der Waals surface area contributed by atoms with Crippen LogP contribution in [0, 0.1) is 0 Å². The fourth-order valence-corrected chi connectivity index (χ4v) is 4.14. The summed E-state index contributed by atoms with van der Waals surface area (Å²) in [7, 11) is 1.64. The lowest BCUT2D eigenvalue weighted by atomic mass is 10.0. The SMILES string of the molecule is COc1cccc(Cc2nc3c(c(=O)[nH]2)C[NH+](C[C@@H](O)Cc2ccccc2)CC3)c1. The van der Waals surface area contributed by atoms with E-state index in [4.69, 9.17) is 9.72 Å². The Morgan fingerprint density at radius 1 is 1.17 bits per heavy atom. The minimum Gasteiger partial charge on any atom is -0.497 e. The van der Waals surface area contributed by atoms with Crippen molar-refractivity contribution in [1.29, 1.82) is 0 Å². The van der Waals surface area contributed by atoms with E-state index in [-0.39, 0.29) is 5.56 Å². The number of fused-ring (bicyclic) bond motifs is 1. The number of aromatic amines is 1. The van der Waals surface area contributed by atoms with E-state index in [1.165, 1.54) is 4.90 Å². The molecule has 0 spiro atoms. The van der Waals surface area contributed by atoms with Gasteiger partial charge >= 0.3 is 0 Å². The van der Waals surface area contributed by atoms with Gasteiger partial charge in [0.15, 0.2) is 0 Å². The highest BCUT2D eigenvalue weighted by molar-refractivity contribution is 5.30. The molecule has 0 saturated carbocycles. The van der Waals surface area contributed by atoms with Gasteiger partial charge in [-0.15, -0.1) is 0 Å². The Bertz CT molecular complexity index is 1050. The lowest BCUT2D eigenvalue weighted by Crippen LogP contribution is -3.13. The molecule has 0 bridgehead atoms. The maximum atomic E-state index is 12.7.